The predicted molar refractivity (Wildman–Crippen MR) is 42.8 cm³/mol. The Morgan fingerprint density at radius 1 is 1.85 bits per heavy atom. The molecule has 0 amide bonds. The highest BCUT2D eigenvalue weighted by Crippen LogP contribution is 2.12. The van der Waals surface area contributed by atoms with E-state index >= 15 is 0 Å². The average Bonchev–Trinajstić information content (AvgIpc) is 2.63. The molecule has 1 aliphatic rings. The van der Waals surface area contributed by atoms with Gasteiger partial charge in [0.25, 0.3) is 0 Å². The summed E-state index contributed by atoms with van der Waals surface area (Å²) >= 11 is 0. The Labute approximate surface area is 74.9 Å². The molecule has 70 valence electrons. The van der Waals surface area contributed by atoms with Gasteiger partial charge in [-0.3, -0.25) is 0 Å². The molecule has 1 aliphatic heterocycles. The van der Waals surface area contributed by atoms with Crippen molar-refractivity contribution in [1.82, 2.24) is 20.1 Å². The lowest BCUT2D eigenvalue weighted by Crippen LogP contribution is -2.38. The monoisotopic (exact) mass is 182 g/mol. The summed E-state index contributed by atoms with van der Waals surface area (Å²) < 4.78 is 6.25. The van der Waals surface area contributed by atoms with Crippen LogP contribution >= 0.6 is 0 Å². The van der Waals surface area contributed by atoms with Gasteiger partial charge in [0.2, 0.25) is 0 Å². The first kappa shape index (κ1) is 8.18. The summed E-state index contributed by atoms with van der Waals surface area (Å²) in [6.07, 6.45) is 1.44. The summed E-state index contributed by atoms with van der Waals surface area (Å²) in [5, 5.41) is 7.04. The quantitative estimate of drug-likeness (QED) is 0.570. The smallest absolute Gasteiger partial charge is 0.332 e. The van der Waals surface area contributed by atoms with Gasteiger partial charge in [0, 0.05) is 6.54 Å². The number of methoxy groups -OCH3 is 1. The number of nitrogens with one attached hydrogen (secondary N) is 1. The highest BCUT2D eigenvalue weighted by molar-refractivity contribution is 5.74. The van der Waals surface area contributed by atoms with E-state index in [1.54, 1.807) is 4.68 Å². The fraction of sp³-hybridized carbons (Fsp3) is 0.571. The van der Waals surface area contributed by atoms with Crippen molar-refractivity contribution < 1.29 is 9.53 Å². The van der Waals surface area contributed by atoms with Crippen molar-refractivity contribution in [2.75, 3.05) is 13.7 Å². The second-order valence-electron chi connectivity index (χ2n) is 2.79. The standard InChI is InChI=1S/C7H10N4O2/c1-13-7(12)5-2-8-3-6-9-4-10-11(5)6/h4-5,8H,2-3H2,1H3. The van der Waals surface area contributed by atoms with Crippen LogP contribution in [0.15, 0.2) is 6.33 Å². The zero-order valence-electron chi connectivity index (χ0n) is 7.23. The van der Waals surface area contributed by atoms with E-state index in [0.29, 0.717) is 13.1 Å². The van der Waals surface area contributed by atoms with E-state index in [0.717, 1.165) is 5.82 Å². The van der Waals surface area contributed by atoms with Crippen molar-refractivity contribution in [3.05, 3.63) is 12.2 Å². The second kappa shape index (κ2) is 3.14. The van der Waals surface area contributed by atoms with Crippen molar-refractivity contribution in [3.8, 4) is 0 Å². The third-order valence-corrected chi connectivity index (χ3v) is 2.04. The fourth-order valence-electron chi connectivity index (χ4n) is 1.39. The lowest BCUT2D eigenvalue weighted by atomic mass is 10.2. The van der Waals surface area contributed by atoms with Gasteiger partial charge in [-0.05, 0) is 0 Å². The highest BCUT2D eigenvalue weighted by Gasteiger charge is 2.27. The van der Waals surface area contributed by atoms with Gasteiger partial charge in [-0.15, -0.1) is 0 Å². The zero-order chi connectivity index (χ0) is 9.26. The van der Waals surface area contributed by atoms with Gasteiger partial charge in [0.15, 0.2) is 6.04 Å². The van der Waals surface area contributed by atoms with Crippen LogP contribution in [0.2, 0.25) is 0 Å². The van der Waals surface area contributed by atoms with Gasteiger partial charge >= 0.3 is 5.97 Å². The van der Waals surface area contributed by atoms with Crippen LogP contribution < -0.4 is 5.32 Å². The van der Waals surface area contributed by atoms with Crippen LogP contribution in [-0.4, -0.2) is 34.4 Å². The summed E-state index contributed by atoms with van der Waals surface area (Å²) in [4.78, 5) is 15.3. The molecule has 1 N–H and O–H groups in total. The number of hydrogen-bond donors (Lipinski definition) is 1. The number of carbonyl (C=O) groups is 1. The molecule has 0 fully saturated rings. The molecule has 0 aliphatic carbocycles. The van der Waals surface area contributed by atoms with E-state index in [2.05, 4.69) is 20.1 Å². The number of nitrogens with zero attached hydrogens (tertiary/aromatic N) is 3. The van der Waals surface area contributed by atoms with Gasteiger partial charge in [-0.25, -0.2) is 14.5 Å². The molecule has 2 rings (SSSR count). The van der Waals surface area contributed by atoms with Crippen molar-refractivity contribution in [1.29, 1.82) is 0 Å². The SMILES string of the molecule is COC(=O)C1CNCc2ncnn21. The van der Waals surface area contributed by atoms with Crippen LogP contribution in [0.4, 0.5) is 0 Å². The Morgan fingerprint density at radius 3 is 3.46 bits per heavy atom. The summed E-state index contributed by atoms with van der Waals surface area (Å²) in [7, 11) is 1.37. The Hall–Kier alpha value is -1.43. The maximum atomic E-state index is 11.3. The second-order valence-corrected chi connectivity index (χ2v) is 2.79. The highest BCUT2D eigenvalue weighted by atomic mass is 16.5. The summed E-state index contributed by atoms with van der Waals surface area (Å²) in [5.41, 5.74) is 0. The summed E-state index contributed by atoms with van der Waals surface area (Å²) in [5.74, 6) is 0.473. The Balaban J connectivity index is 2.30. The number of aromatic nitrogens is 3. The van der Waals surface area contributed by atoms with E-state index in [1.807, 2.05) is 0 Å². The van der Waals surface area contributed by atoms with Crippen LogP contribution in [0, 0.1) is 0 Å². The Morgan fingerprint density at radius 2 is 2.69 bits per heavy atom. The molecule has 6 heteroatoms. The Bertz CT molecular complexity index is 322. The molecular weight excluding hydrogens is 172 g/mol. The molecule has 1 aromatic rings. The lowest BCUT2D eigenvalue weighted by molar-refractivity contribution is -0.145. The molecule has 0 spiro atoms. The largest absolute Gasteiger partial charge is 0.467 e. The van der Waals surface area contributed by atoms with Crippen LogP contribution in [0.3, 0.4) is 0 Å². The molecular formula is C7H10N4O2. The third kappa shape index (κ3) is 1.29. The molecule has 2 heterocycles. The molecule has 0 bridgehead atoms. The third-order valence-electron chi connectivity index (χ3n) is 2.04. The van der Waals surface area contributed by atoms with Gasteiger partial charge in [0.1, 0.15) is 12.2 Å². The van der Waals surface area contributed by atoms with E-state index in [4.69, 9.17) is 0 Å². The normalized spacial score (nSPS) is 20.8. The Kier molecular flexibility index (Phi) is 1.97. The molecule has 13 heavy (non-hydrogen) atoms. The van der Waals surface area contributed by atoms with Gasteiger partial charge in [-0.1, -0.05) is 0 Å². The van der Waals surface area contributed by atoms with Crippen LogP contribution in [0.25, 0.3) is 0 Å². The first-order valence-corrected chi connectivity index (χ1v) is 4.00. The van der Waals surface area contributed by atoms with E-state index in [-0.39, 0.29) is 12.0 Å². The van der Waals surface area contributed by atoms with E-state index in [9.17, 15) is 4.79 Å². The first-order chi connectivity index (χ1) is 6.33. The lowest BCUT2D eigenvalue weighted by Gasteiger charge is -2.21. The first-order valence-electron chi connectivity index (χ1n) is 4.00. The summed E-state index contributed by atoms with van der Waals surface area (Å²) in [6, 6.07) is -0.378. The minimum atomic E-state index is -0.378. The molecule has 0 saturated heterocycles. The molecule has 0 aromatic carbocycles. The van der Waals surface area contributed by atoms with Gasteiger partial charge in [-0.2, -0.15) is 5.10 Å². The number of esters is 1. The number of fused-ring (bicyclic) bond motifs is 1. The van der Waals surface area contributed by atoms with Crippen LogP contribution in [-0.2, 0) is 16.1 Å². The molecule has 1 unspecified atom stereocenters. The topological polar surface area (TPSA) is 69.0 Å². The van der Waals surface area contributed by atoms with Gasteiger partial charge in [0.05, 0.1) is 13.7 Å². The maximum absolute atomic E-state index is 11.3. The van der Waals surface area contributed by atoms with Crippen LogP contribution in [0.5, 0.6) is 0 Å². The van der Waals surface area contributed by atoms with Crippen molar-refractivity contribution in [2.45, 2.75) is 12.6 Å². The van der Waals surface area contributed by atoms with Crippen molar-refractivity contribution in [3.63, 3.8) is 0 Å². The molecule has 0 saturated carbocycles. The molecule has 6 nitrogen and oxygen atoms in total. The predicted octanol–water partition coefficient (Wildman–Crippen LogP) is -0.905. The molecule has 1 aromatic heterocycles. The fourth-order valence-corrected chi connectivity index (χ4v) is 1.39. The zero-order valence-corrected chi connectivity index (χ0v) is 7.23. The number of hydrogen-bond acceptors (Lipinski definition) is 5. The minimum Gasteiger partial charge on any atom is -0.467 e. The number of rotatable bonds is 1. The van der Waals surface area contributed by atoms with Crippen LogP contribution in [0.1, 0.15) is 11.9 Å². The number of ether oxygens (including phenoxy) is 1. The number of carbonyl (C=O) groups excluding carboxylic acids is 1. The molecule has 0 radical (unpaired) electrons. The summed E-state index contributed by atoms with van der Waals surface area (Å²) in [6.45, 7) is 1.19. The van der Waals surface area contributed by atoms with E-state index < -0.39 is 0 Å². The van der Waals surface area contributed by atoms with Crippen molar-refractivity contribution in [2.24, 2.45) is 0 Å². The molecule has 1 atom stereocenters. The van der Waals surface area contributed by atoms with Gasteiger partial charge < -0.3 is 10.1 Å². The van der Waals surface area contributed by atoms with Crippen molar-refractivity contribution >= 4 is 5.97 Å². The average molecular weight is 182 g/mol. The van der Waals surface area contributed by atoms with E-state index in [1.165, 1.54) is 13.4 Å². The maximum Gasteiger partial charge on any atom is 0.332 e. The minimum absolute atomic E-state index is 0.293.